The summed E-state index contributed by atoms with van der Waals surface area (Å²) in [6, 6.07) is 17.7. The molecule has 0 spiro atoms. The van der Waals surface area contributed by atoms with Crippen LogP contribution in [0.5, 0.6) is 5.75 Å². The molecule has 2 aromatic carbocycles. The predicted molar refractivity (Wildman–Crippen MR) is 113 cm³/mol. The molecule has 3 aromatic rings. The molecule has 0 amide bonds. The molecule has 6 heteroatoms. The summed E-state index contributed by atoms with van der Waals surface area (Å²) < 4.78 is 10.7. The van der Waals surface area contributed by atoms with Gasteiger partial charge in [-0.1, -0.05) is 41.4 Å². The zero-order valence-electron chi connectivity index (χ0n) is 15.2. The Labute approximate surface area is 169 Å². The maximum Gasteiger partial charge on any atom is 0.174 e. The van der Waals surface area contributed by atoms with Crippen molar-refractivity contribution in [2.24, 2.45) is 0 Å². The number of ether oxygens (including phenoxy) is 1. The highest BCUT2D eigenvalue weighted by molar-refractivity contribution is 7.80. The first-order chi connectivity index (χ1) is 13.0. The minimum atomic E-state index is 0.529. The number of nitrogens with one attached hydrogen (secondary N) is 1. The number of hydrogen-bond acceptors (Lipinski definition) is 3. The maximum absolute atomic E-state index is 6.22. The molecule has 4 nitrogen and oxygen atoms in total. The van der Waals surface area contributed by atoms with Crippen LogP contribution in [0.1, 0.15) is 16.9 Å². The molecule has 0 saturated carbocycles. The van der Waals surface area contributed by atoms with E-state index >= 15 is 0 Å². The summed E-state index contributed by atoms with van der Waals surface area (Å²) in [4.78, 5) is 2.05. The highest BCUT2D eigenvalue weighted by atomic mass is 35.5. The van der Waals surface area contributed by atoms with Crippen LogP contribution >= 0.6 is 23.8 Å². The number of aryl methyl sites for hydroxylation is 1. The molecule has 0 atom stereocenters. The lowest BCUT2D eigenvalue weighted by atomic mass is 10.1. The molecule has 1 N–H and O–H groups in total. The van der Waals surface area contributed by atoms with Crippen LogP contribution < -0.4 is 10.1 Å². The monoisotopic (exact) mass is 400 g/mol. The van der Waals surface area contributed by atoms with E-state index in [0.29, 0.717) is 29.0 Å². The number of furan rings is 1. The molecular weight excluding hydrogens is 380 g/mol. The van der Waals surface area contributed by atoms with Crippen LogP contribution in [0.2, 0.25) is 5.02 Å². The number of nitrogens with zero attached hydrogens (tertiary/aromatic N) is 1. The van der Waals surface area contributed by atoms with Gasteiger partial charge >= 0.3 is 0 Å². The molecule has 0 aliphatic carbocycles. The summed E-state index contributed by atoms with van der Waals surface area (Å²) in [7, 11) is 1.59. The SMILES string of the molecule is COc1ccc(NC(=S)N(Cc2ccc(C)cc2)Cc2ccco2)cc1Cl. The first-order valence-electron chi connectivity index (χ1n) is 8.52. The number of benzene rings is 2. The van der Waals surface area contributed by atoms with Gasteiger partial charge in [0.2, 0.25) is 0 Å². The molecule has 0 fully saturated rings. The molecule has 140 valence electrons. The predicted octanol–water partition coefficient (Wildman–Crippen LogP) is 5.65. The molecule has 1 heterocycles. The summed E-state index contributed by atoms with van der Waals surface area (Å²) in [5, 5.41) is 4.37. The standard InChI is InChI=1S/C21H21ClN2O2S/c1-15-5-7-16(8-6-15)13-24(14-18-4-3-11-26-18)21(27)23-17-9-10-20(25-2)19(22)12-17/h3-12H,13-14H2,1-2H3,(H,23,27). The summed E-state index contributed by atoms with van der Waals surface area (Å²) >= 11 is 11.9. The first-order valence-corrected chi connectivity index (χ1v) is 9.31. The fraction of sp³-hybridized carbons (Fsp3) is 0.190. The van der Waals surface area contributed by atoms with E-state index < -0.39 is 0 Å². The van der Waals surface area contributed by atoms with Crippen molar-refractivity contribution in [3.63, 3.8) is 0 Å². The fourth-order valence-corrected chi connectivity index (χ4v) is 3.16. The lowest BCUT2D eigenvalue weighted by Crippen LogP contribution is -2.33. The van der Waals surface area contributed by atoms with E-state index in [4.69, 9.17) is 33.0 Å². The Hall–Kier alpha value is -2.50. The molecular formula is C21H21ClN2O2S. The van der Waals surface area contributed by atoms with Crippen molar-refractivity contribution in [1.29, 1.82) is 0 Å². The van der Waals surface area contributed by atoms with Crippen LogP contribution in [0.25, 0.3) is 0 Å². The van der Waals surface area contributed by atoms with Crippen molar-refractivity contribution in [2.45, 2.75) is 20.0 Å². The van der Waals surface area contributed by atoms with E-state index in [1.165, 1.54) is 11.1 Å². The minimum absolute atomic E-state index is 0.529. The second-order valence-corrected chi connectivity index (χ2v) is 6.99. The van der Waals surface area contributed by atoms with Crippen LogP contribution in [0, 0.1) is 6.92 Å². The molecule has 0 aliphatic heterocycles. The second-order valence-electron chi connectivity index (χ2n) is 6.20. The number of halogens is 1. The normalized spacial score (nSPS) is 10.5. The van der Waals surface area contributed by atoms with Gasteiger partial charge in [0.15, 0.2) is 5.11 Å². The smallest absolute Gasteiger partial charge is 0.174 e. The van der Waals surface area contributed by atoms with Crippen LogP contribution in [0.15, 0.2) is 65.3 Å². The van der Waals surface area contributed by atoms with E-state index in [0.717, 1.165) is 11.4 Å². The fourth-order valence-electron chi connectivity index (χ4n) is 2.65. The quantitative estimate of drug-likeness (QED) is 0.541. The van der Waals surface area contributed by atoms with Crippen molar-refractivity contribution in [1.82, 2.24) is 4.90 Å². The Morgan fingerprint density at radius 3 is 2.56 bits per heavy atom. The average Bonchev–Trinajstić information content (AvgIpc) is 3.16. The second kappa shape index (κ2) is 8.93. The van der Waals surface area contributed by atoms with Gasteiger partial charge in [0.05, 0.1) is 24.9 Å². The van der Waals surface area contributed by atoms with Gasteiger partial charge in [0.25, 0.3) is 0 Å². The molecule has 27 heavy (non-hydrogen) atoms. The van der Waals surface area contributed by atoms with E-state index in [1.54, 1.807) is 19.4 Å². The number of rotatable bonds is 6. The van der Waals surface area contributed by atoms with Gasteiger partial charge in [-0.15, -0.1) is 0 Å². The summed E-state index contributed by atoms with van der Waals surface area (Å²) in [6.07, 6.45) is 1.67. The van der Waals surface area contributed by atoms with Crippen LogP contribution in [-0.2, 0) is 13.1 Å². The highest BCUT2D eigenvalue weighted by Gasteiger charge is 2.14. The lowest BCUT2D eigenvalue weighted by molar-refractivity contribution is 0.360. The Kier molecular flexibility index (Phi) is 6.37. The molecule has 3 rings (SSSR count). The van der Waals surface area contributed by atoms with Gasteiger partial charge in [-0.2, -0.15) is 0 Å². The Morgan fingerprint density at radius 1 is 1.15 bits per heavy atom. The third-order valence-corrected chi connectivity index (χ3v) is 4.77. The Balaban J connectivity index is 1.77. The van der Waals surface area contributed by atoms with Crippen molar-refractivity contribution in [3.8, 4) is 5.75 Å². The van der Waals surface area contributed by atoms with Gasteiger partial charge in [-0.25, -0.2) is 0 Å². The maximum atomic E-state index is 6.22. The Bertz CT molecular complexity index is 895. The molecule has 0 unspecified atom stereocenters. The van der Waals surface area contributed by atoms with Gasteiger partial charge in [0.1, 0.15) is 11.5 Å². The highest BCUT2D eigenvalue weighted by Crippen LogP contribution is 2.27. The van der Waals surface area contributed by atoms with Crippen molar-refractivity contribution in [3.05, 3.63) is 82.8 Å². The van der Waals surface area contributed by atoms with Crippen molar-refractivity contribution >= 4 is 34.6 Å². The van der Waals surface area contributed by atoms with Crippen LogP contribution in [0.3, 0.4) is 0 Å². The first kappa shape index (κ1) is 19.3. The third-order valence-electron chi connectivity index (χ3n) is 4.11. The lowest BCUT2D eigenvalue weighted by Gasteiger charge is -2.25. The van der Waals surface area contributed by atoms with Gasteiger partial charge in [-0.3, -0.25) is 0 Å². The van der Waals surface area contributed by atoms with Gasteiger partial charge in [0, 0.05) is 12.2 Å². The third kappa shape index (κ3) is 5.25. The number of methoxy groups -OCH3 is 1. The largest absolute Gasteiger partial charge is 0.495 e. The number of thiocarbonyl (C=S) groups is 1. The van der Waals surface area contributed by atoms with E-state index in [1.807, 2.05) is 24.3 Å². The number of anilines is 1. The average molecular weight is 401 g/mol. The molecule has 0 radical (unpaired) electrons. The van der Waals surface area contributed by atoms with Crippen molar-refractivity contribution < 1.29 is 9.15 Å². The van der Waals surface area contributed by atoms with Gasteiger partial charge < -0.3 is 19.4 Å². The summed E-state index contributed by atoms with van der Waals surface area (Å²) in [5.74, 6) is 1.47. The zero-order chi connectivity index (χ0) is 19.2. The van der Waals surface area contributed by atoms with E-state index in [-0.39, 0.29) is 0 Å². The van der Waals surface area contributed by atoms with Crippen molar-refractivity contribution in [2.75, 3.05) is 12.4 Å². The zero-order valence-corrected chi connectivity index (χ0v) is 16.8. The Morgan fingerprint density at radius 2 is 1.93 bits per heavy atom. The molecule has 0 aliphatic rings. The molecule has 0 saturated heterocycles. The van der Waals surface area contributed by atoms with Gasteiger partial charge in [-0.05, 0) is 55.0 Å². The summed E-state index contributed by atoms with van der Waals surface area (Å²) in [6.45, 7) is 3.30. The summed E-state index contributed by atoms with van der Waals surface area (Å²) in [5.41, 5.74) is 3.20. The van der Waals surface area contributed by atoms with E-state index in [9.17, 15) is 0 Å². The molecule has 1 aromatic heterocycles. The van der Waals surface area contributed by atoms with E-state index in [2.05, 4.69) is 41.4 Å². The minimum Gasteiger partial charge on any atom is -0.495 e. The van der Waals surface area contributed by atoms with Crippen LogP contribution in [0.4, 0.5) is 5.69 Å². The van der Waals surface area contributed by atoms with Crippen LogP contribution in [-0.4, -0.2) is 17.1 Å². The molecule has 0 bridgehead atoms. The number of hydrogen-bond donors (Lipinski definition) is 1. The topological polar surface area (TPSA) is 37.6 Å².